The molecule has 1 heterocycles. The zero-order chi connectivity index (χ0) is 12.7. The molecule has 0 saturated carbocycles. The Morgan fingerprint density at radius 1 is 1.53 bits per heavy atom. The molecule has 0 aliphatic heterocycles. The Labute approximate surface area is 112 Å². The summed E-state index contributed by atoms with van der Waals surface area (Å²) in [4.78, 5) is 10.6. The third-order valence-corrected chi connectivity index (χ3v) is 3.36. The van der Waals surface area contributed by atoms with Gasteiger partial charge >= 0.3 is 0 Å². The minimum absolute atomic E-state index is 0.517. The maximum Gasteiger partial charge on any atom is 0.163 e. The van der Waals surface area contributed by atoms with E-state index in [4.69, 9.17) is 11.6 Å². The SMILES string of the molecule is CCCCN(C(=NC)SC)c1ccc(Cl)nc1. The number of nitrogens with zero attached hydrogens (tertiary/aromatic N) is 3. The van der Waals surface area contributed by atoms with Gasteiger partial charge in [0.2, 0.25) is 0 Å². The number of rotatable bonds is 4. The predicted octanol–water partition coefficient (Wildman–Crippen LogP) is 3.69. The van der Waals surface area contributed by atoms with Crippen LogP contribution in [0.1, 0.15) is 19.8 Å². The van der Waals surface area contributed by atoms with E-state index in [0.717, 1.165) is 30.2 Å². The number of amidine groups is 1. The molecule has 0 radical (unpaired) electrons. The molecule has 17 heavy (non-hydrogen) atoms. The molecule has 94 valence electrons. The Bertz CT molecular complexity index is 365. The molecule has 3 nitrogen and oxygen atoms in total. The maximum absolute atomic E-state index is 5.80. The van der Waals surface area contributed by atoms with Crippen LogP contribution in [-0.2, 0) is 0 Å². The van der Waals surface area contributed by atoms with Crippen LogP contribution in [0.3, 0.4) is 0 Å². The van der Waals surface area contributed by atoms with Gasteiger partial charge in [-0.25, -0.2) is 4.98 Å². The van der Waals surface area contributed by atoms with Crippen LogP contribution in [-0.4, -0.2) is 30.0 Å². The fourth-order valence-corrected chi connectivity index (χ4v) is 2.21. The van der Waals surface area contributed by atoms with E-state index in [1.165, 1.54) is 0 Å². The van der Waals surface area contributed by atoms with Crippen molar-refractivity contribution >= 4 is 34.2 Å². The zero-order valence-electron chi connectivity index (χ0n) is 10.5. The number of hydrogen-bond donors (Lipinski definition) is 0. The molecule has 0 aromatic carbocycles. The van der Waals surface area contributed by atoms with Crippen LogP contribution in [0.25, 0.3) is 0 Å². The monoisotopic (exact) mass is 271 g/mol. The Morgan fingerprint density at radius 2 is 2.29 bits per heavy atom. The zero-order valence-corrected chi connectivity index (χ0v) is 12.1. The van der Waals surface area contributed by atoms with Crippen LogP contribution < -0.4 is 4.90 Å². The van der Waals surface area contributed by atoms with E-state index in [9.17, 15) is 0 Å². The van der Waals surface area contributed by atoms with Crippen LogP contribution in [0.5, 0.6) is 0 Å². The van der Waals surface area contributed by atoms with Crippen LogP contribution in [0, 0.1) is 0 Å². The highest BCUT2D eigenvalue weighted by Crippen LogP contribution is 2.19. The molecule has 0 saturated heterocycles. The molecule has 1 aromatic rings. The summed E-state index contributed by atoms with van der Waals surface area (Å²) in [6.45, 7) is 3.13. The number of aliphatic imine (C=N–C) groups is 1. The van der Waals surface area contributed by atoms with Gasteiger partial charge in [-0.2, -0.15) is 0 Å². The van der Waals surface area contributed by atoms with Crippen molar-refractivity contribution in [2.24, 2.45) is 4.99 Å². The van der Waals surface area contributed by atoms with Crippen LogP contribution >= 0.6 is 23.4 Å². The first-order valence-corrected chi connectivity index (χ1v) is 7.23. The van der Waals surface area contributed by atoms with Gasteiger partial charge in [-0.1, -0.05) is 36.7 Å². The molecule has 5 heteroatoms. The van der Waals surface area contributed by atoms with E-state index in [0.29, 0.717) is 5.15 Å². The normalized spacial score (nSPS) is 11.6. The second-order valence-electron chi connectivity index (χ2n) is 3.55. The number of thioether (sulfide) groups is 1. The van der Waals surface area contributed by atoms with Crippen LogP contribution in [0.15, 0.2) is 23.3 Å². The number of hydrogen-bond acceptors (Lipinski definition) is 3. The molecule has 0 fully saturated rings. The molecule has 0 aliphatic rings. The lowest BCUT2D eigenvalue weighted by Crippen LogP contribution is -2.29. The lowest BCUT2D eigenvalue weighted by Gasteiger charge is -2.24. The molecule has 0 aliphatic carbocycles. The molecule has 0 bridgehead atoms. The number of aromatic nitrogens is 1. The van der Waals surface area contributed by atoms with Gasteiger partial charge in [-0.05, 0) is 24.8 Å². The van der Waals surface area contributed by atoms with E-state index in [1.807, 2.05) is 25.4 Å². The van der Waals surface area contributed by atoms with Crippen molar-refractivity contribution in [2.45, 2.75) is 19.8 Å². The summed E-state index contributed by atoms with van der Waals surface area (Å²) in [5.74, 6) is 0. The fraction of sp³-hybridized carbons (Fsp3) is 0.500. The van der Waals surface area contributed by atoms with Crippen LogP contribution in [0.4, 0.5) is 5.69 Å². The number of halogens is 1. The summed E-state index contributed by atoms with van der Waals surface area (Å²) in [7, 11) is 1.81. The highest BCUT2D eigenvalue weighted by Gasteiger charge is 2.12. The van der Waals surface area contributed by atoms with Crippen molar-refractivity contribution in [1.82, 2.24) is 4.98 Å². The van der Waals surface area contributed by atoms with Gasteiger partial charge in [-0.3, -0.25) is 4.99 Å². The fourth-order valence-electron chi connectivity index (χ4n) is 1.50. The van der Waals surface area contributed by atoms with Gasteiger partial charge in [0.1, 0.15) is 5.15 Å². The Balaban J connectivity index is 2.92. The minimum atomic E-state index is 0.517. The molecular formula is C12H18ClN3S. The summed E-state index contributed by atoms with van der Waals surface area (Å²) in [5.41, 5.74) is 1.04. The van der Waals surface area contributed by atoms with E-state index >= 15 is 0 Å². The third-order valence-electron chi connectivity index (χ3n) is 2.36. The summed E-state index contributed by atoms with van der Waals surface area (Å²) in [6, 6.07) is 3.79. The van der Waals surface area contributed by atoms with Crippen molar-refractivity contribution in [3.05, 3.63) is 23.5 Å². The highest BCUT2D eigenvalue weighted by atomic mass is 35.5. The average Bonchev–Trinajstić information content (AvgIpc) is 2.36. The molecule has 0 unspecified atom stereocenters. The van der Waals surface area contributed by atoms with Gasteiger partial charge < -0.3 is 4.90 Å². The van der Waals surface area contributed by atoms with Crippen molar-refractivity contribution < 1.29 is 0 Å². The molecule has 1 rings (SSSR count). The van der Waals surface area contributed by atoms with Gasteiger partial charge in [0, 0.05) is 13.6 Å². The Hall–Kier alpha value is -0.740. The largest absolute Gasteiger partial charge is 0.320 e. The van der Waals surface area contributed by atoms with E-state index in [1.54, 1.807) is 18.0 Å². The molecule has 0 N–H and O–H groups in total. The van der Waals surface area contributed by atoms with Crippen LogP contribution in [0.2, 0.25) is 5.15 Å². The summed E-state index contributed by atoms with van der Waals surface area (Å²) < 4.78 is 0. The van der Waals surface area contributed by atoms with E-state index in [-0.39, 0.29) is 0 Å². The first-order chi connectivity index (χ1) is 8.22. The molecular weight excluding hydrogens is 254 g/mol. The van der Waals surface area contributed by atoms with E-state index < -0.39 is 0 Å². The first-order valence-electron chi connectivity index (χ1n) is 5.62. The molecule has 0 spiro atoms. The smallest absolute Gasteiger partial charge is 0.163 e. The minimum Gasteiger partial charge on any atom is -0.320 e. The lowest BCUT2D eigenvalue weighted by atomic mass is 10.3. The molecule has 0 amide bonds. The molecule has 1 aromatic heterocycles. The van der Waals surface area contributed by atoms with E-state index in [2.05, 4.69) is 21.8 Å². The molecule has 0 atom stereocenters. The highest BCUT2D eigenvalue weighted by molar-refractivity contribution is 8.13. The summed E-state index contributed by atoms with van der Waals surface area (Å²) >= 11 is 7.45. The first kappa shape index (κ1) is 14.3. The van der Waals surface area contributed by atoms with Crippen molar-refractivity contribution in [2.75, 3.05) is 24.7 Å². The predicted molar refractivity (Wildman–Crippen MR) is 78.4 cm³/mol. The maximum atomic E-state index is 5.80. The topological polar surface area (TPSA) is 28.5 Å². The van der Waals surface area contributed by atoms with Gasteiger partial charge in [0.15, 0.2) is 5.17 Å². The van der Waals surface area contributed by atoms with Crippen molar-refractivity contribution in [3.8, 4) is 0 Å². The second-order valence-corrected chi connectivity index (χ2v) is 4.72. The Morgan fingerprint density at radius 3 is 2.76 bits per heavy atom. The average molecular weight is 272 g/mol. The second kappa shape index (κ2) is 7.56. The number of pyridine rings is 1. The number of anilines is 1. The summed E-state index contributed by atoms with van der Waals surface area (Å²) in [6.07, 6.45) is 6.11. The Kier molecular flexibility index (Phi) is 6.37. The van der Waals surface area contributed by atoms with Crippen molar-refractivity contribution in [1.29, 1.82) is 0 Å². The third kappa shape index (κ3) is 4.21. The van der Waals surface area contributed by atoms with Crippen molar-refractivity contribution in [3.63, 3.8) is 0 Å². The van der Waals surface area contributed by atoms with Gasteiger partial charge in [0.25, 0.3) is 0 Å². The quantitative estimate of drug-likeness (QED) is 0.475. The standard InChI is InChI=1S/C12H18ClN3S/c1-4-5-8-16(12(14-2)17-3)10-6-7-11(13)15-9-10/h6-7,9H,4-5,8H2,1-3H3. The summed E-state index contributed by atoms with van der Waals surface area (Å²) in [5, 5.41) is 1.52. The van der Waals surface area contributed by atoms with Gasteiger partial charge in [-0.15, -0.1) is 0 Å². The number of unbranched alkanes of at least 4 members (excludes halogenated alkanes) is 1. The van der Waals surface area contributed by atoms with Gasteiger partial charge in [0.05, 0.1) is 11.9 Å². The lowest BCUT2D eigenvalue weighted by molar-refractivity contribution is 0.796.